The third-order valence-electron chi connectivity index (χ3n) is 4.65. The molecule has 26 heavy (non-hydrogen) atoms. The number of likely N-dealkylation sites (tertiary alicyclic amines) is 1. The minimum atomic E-state index is -0.106. The Kier molecular flexibility index (Phi) is 5.60. The number of aryl methyl sites for hydroxylation is 2. The molecule has 0 spiro atoms. The highest BCUT2D eigenvalue weighted by Crippen LogP contribution is 2.31. The molecular weight excluding hydrogens is 332 g/mol. The molecule has 2 aromatic rings. The molecule has 1 atom stereocenters. The van der Waals surface area contributed by atoms with E-state index in [4.69, 9.17) is 0 Å². The lowest BCUT2D eigenvalue weighted by Crippen LogP contribution is -2.31. The van der Waals surface area contributed by atoms with E-state index >= 15 is 0 Å². The summed E-state index contributed by atoms with van der Waals surface area (Å²) in [6.45, 7) is 2.56. The number of hydrogen-bond acceptors (Lipinski definition) is 5. The van der Waals surface area contributed by atoms with Crippen molar-refractivity contribution in [2.24, 2.45) is 7.05 Å². The Labute approximate surface area is 152 Å². The quantitative estimate of drug-likeness (QED) is 0.838. The Hall–Kier alpha value is -2.77. The van der Waals surface area contributed by atoms with E-state index in [2.05, 4.69) is 20.4 Å². The molecule has 0 unspecified atom stereocenters. The van der Waals surface area contributed by atoms with E-state index in [9.17, 15) is 9.59 Å². The van der Waals surface area contributed by atoms with Gasteiger partial charge in [-0.3, -0.25) is 24.2 Å². The second kappa shape index (κ2) is 8.07. The van der Waals surface area contributed by atoms with Gasteiger partial charge >= 0.3 is 0 Å². The molecule has 1 fully saturated rings. The SMILES string of the molecule is CC(=O)NCc1cncc([C@H]2CCCN2C(=O)CCc2ccnn2C)n1. The topological polar surface area (TPSA) is 93.0 Å². The van der Waals surface area contributed by atoms with Gasteiger partial charge in [0.15, 0.2) is 0 Å². The van der Waals surface area contributed by atoms with Crippen LogP contribution in [0.1, 0.15) is 49.3 Å². The molecule has 1 N–H and O–H groups in total. The molecule has 0 aromatic carbocycles. The summed E-state index contributed by atoms with van der Waals surface area (Å²) in [5.74, 6) is 0.0211. The molecule has 138 valence electrons. The predicted molar refractivity (Wildman–Crippen MR) is 94.8 cm³/mol. The van der Waals surface area contributed by atoms with Gasteiger partial charge in [0.25, 0.3) is 0 Å². The summed E-state index contributed by atoms with van der Waals surface area (Å²) < 4.78 is 1.80. The first-order valence-electron chi connectivity index (χ1n) is 8.86. The van der Waals surface area contributed by atoms with E-state index in [0.29, 0.717) is 25.1 Å². The lowest BCUT2D eigenvalue weighted by atomic mass is 10.1. The Balaban J connectivity index is 1.65. The molecule has 1 aliphatic heterocycles. The maximum atomic E-state index is 12.7. The number of rotatable bonds is 6. The standard InChI is InChI=1S/C18H24N6O2/c1-13(25)20-11-14-10-19-12-16(22-14)17-4-3-9-24(17)18(26)6-5-15-7-8-21-23(15)2/h7-8,10,12,17H,3-6,9,11H2,1-2H3,(H,20,25)/t17-/m1/s1. The zero-order valence-corrected chi connectivity index (χ0v) is 15.2. The van der Waals surface area contributed by atoms with Crippen molar-refractivity contribution in [2.75, 3.05) is 6.54 Å². The van der Waals surface area contributed by atoms with Gasteiger partial charge in [0, 0.05) is 38.8 Å². The average Bonchev–Trinajstić information content (AvgIpc) is 3.27. The first-order chi connectivity index (χ1) is 12.5. The molecule has 1 aliphatic rings. The predicted octanol–water partition coefficient (Wildman–Crippen LogP) is 1.14. The van der Waals surface area contributed by atoms with Gasteiger partial charge in [0.1, 0.15) is 0 Å². The average molecular weight is 356 g/mol. The molecular formula is C18H24N6O2. The molecule has 2 aromatic heterocycles. The van der Waals surface area contributed by atoms with E-state index in [1.807, 2.05) is 18.0 Å². The zero-order chi connectivity index (χ0) is 18.5. The maximum absolute atomic E-state index is 12.7. The van der Waals surface area contributed by atoms with Crippen molar-refractivity contribution in [1.29, 1.82) is 0 Å². The molecule has 8 heteroatoms. The van der Waals surface area contributed by atoms with Crippen molar-refractivity contribution in [3.8, 4) is 0 Å². The summed E-state index contributed by atoms with van der Waals surface area (Å²) in [7, 11) is 1.88. The molecule has 3 heterocycles. The molecule has 3 rings (SSSR count). The normalized spacial score (nSPS) is 16.7. The molecule has 2 amide bonds. The Morgan fingerprint density at radius 3 is 2.92 bits per heavy atom. The molecule has 8 nitrogen and oxygen atoms in total. The highest BCUT2D eigenvalue weighted by molar-refractivity contribution is 5.77. The van der Waals surface area contributed by atoms with Gasteiger partial charge in [0.2, 0.25) is 11.8 Å². The first-order valence-corrected chi connectivity index (χ1v) is 8.86. The van der Waals surface area contributed by atoms with Gasteiger partial charge in [-0.1, -0.05) is 0 Å². The minimum absolute atomic E-state index is 0.0428. The molecule has 0 aliphatic carbocycles. The summed E-state index contributed by atoms with van der Waals surface area (Å²) in [6.07, 6.45) is 8.07. The summed E-state index contributed by atoms with van der Waals surface area (Å²) in [5, 5.41) is 6.86. The van der Waals surface area contributed by atoms with Crippen LogP contribution in [-0.4, -0.2) is 43.0 Å². The van der Waals surface area contributed by atoms with Crippen LogP contribution in [0.4, 0.5) is 0 Å². The number of hydrogen-bond donors (Lipinski definition) is 1. The van der Waals surface area contributed by atoms with Gasteiger partial charge in [0.05, 0.1) is 36.4 Å². The summed E-state index contributed by atoms with van der Waals surface area (Å²) in [6, 6.07) is 1.89. The fourth-order valence-electron chi connectivity index (χ4n) is 3.28. The number of aromatic nitrogens is 4. The highest BCUT2D eigenvalue weighted by atomic mass is 16.2. The van der Waals surface area contributed by atoms with Gasteiger partial charge in [-0.2, -0.15) is 5.10 Å². The van der Waals surface area contributed by atoms with Crippen LogP contribution in [0.5, 0.6) is 0 Å². The lowest BCUT2D eigenvalue weighted by Gasteiger charge is -2.24. The van der Waals surface area contributed by atoms with Crippen LogP contribution >= 0.6 is 0 Å². The summed E-state index contributed by atoms with van der Waals surface area (Å²) >= 11 is 0. The highest BCUT2D eigenvalue weighted by Gasteiger charge is 2.31. The fraction of sp³-hybridized carbons (Fsp3) is 0.500. The second-order valence-electron chi connectivity index (χ2n) is 6.54. The zero-order valence-electron chi connectivity index (χ0n) is 15.2. The van der Waals surface area contributed by atoms with Crippen LogP contribution in [0.15, 0.2) is 24.7 Å². The number of nitrogens with zero attached hydrogens (tertiary/aromatic N) is 5. The lowest BCUT2D eigenvalue weighted by molar-refractivity contribution is -0.132. The maximum Gasteiger partial charge on any atom is 0.223 e. The van der Waals surface area contributed by atoms with Gasteiger partial charge < -0.3 is 10.2 Å². The van der Waals surface area contributed by atoms with E-state index in [1.54, 1.807) is 23.3 Å². The Bertz CT molecular complexity index is 787. The van der Waals surface area contributed by atoms with E-state index < -0.39 is 0 Å². The van der Waals surface area contributed by atoms with E-state index in [1.165, 1.54) is 6.92 Å². The smallest absolute Gasteiger partial charge is 0.223 e. The van der Waals surface area contributed by atoms with Crippen molar-refractivity contribution in [1.82, 2.24) is 30.0 Å². The second-order valence-corrected chi connectivity index (χ2v) is 6.54. The molecule has 0 bridgehead atoms. The van der Waals surface area contributed by atoms with Crippen LogP contribution in [0.25, 0.3) is 0 Å². The van der Waals surface area contributed by atoms with Gasteiger partial charge in [-0.25, -0.2) is 0 Å². The molecule has 0 saturated carbocycles. The van der Waals surface area contributed by atoms with Crippen molar-refractivity contribution in [3.63, 3.8) is 0 Å². The summed E-state index contributed by atoms with van der Waals surface area (Å²) in [5.41, 5.74) is 2.54. The van der Waals surface area contributed by atoms with Crippen molar-refractivity contribution in [3.05, 3.63) is 41.7 Å². The van der Waals surface area contributed by atoms with Crippen LogP contribution in [0, 0.1) is 0 Å². The largest absolute Gasteiger partial charge is 0.351 e. The van der Waals surface area contributed by atoms with Crippen LogP contribution in [0.3, 0.4) is 0 Å². The van der Waals surface area contributed by atoms with Crippen molar-refractivity contribution < 1.29 is 9.59 Å². The number of amides is 2. The Morgan fingerprint density at radius 2 is 2.19 bits per heavy atom. The number of carbonyl (C=O) groups excluding carboxylic acids is 2. The van der Waals surface area contributed by atoms with Gasteiger partial charge in [-0.15, -0.1) is 0 Å². The van der Waals surface area contributed by atoms with Crippen molar-refractivity contribution >= 4 is 11.8 Å². The first kappa shape index (κ1) is 18.0. The van der Waals surface area contributed by atoms with Crippen LogP contribution in [-0.2, 0) is 29.6 Å². The minimum Gasteiger partial charge on any atom is -0.351 e. The monoisotopic (exact) mass is 356 g/mol. The van der Waals surface area contributed by atoms with Gasteiger partial charge in [-0.05, 0) is 25.3 Å². The Morgan fingerprint density at radius 1 is 1.35 bits per heavy atom. The third kappa shape index (κ3) is 4.25. The van der Waals surface area contributed by atoms with E-state index in [-0.39, 0.29) is 17.9 Å². The van der Waals surface area contributed by atoms with Crippen molar-refractivity contribution in [2.45, 2.75) is 45.2 Å². The summed E-state index contributed by atoms with van der Waals surface area (Å²) in [4.78, 5) is 34.5. The molecule has 0 radical (unpaired) electrons. The van der Waals surface area contributed by atoms with E-state index in [0.717, 1.165) is 30.8 Å². The van der Waals surface area contributed by atoms with Crippen LogP contribution < -0.4 is 5.32 Å². The third-order valence-corrected chi connectivity index (χ3v) is 4.65. The fourth-order valence-corrected chi connectivity index (χ4v) is 3.28. The van der Waals surface area contributed by atoms with Crippen LogP contribution in [0.2, 0.25) is 0 Å². The number of carbonyl (C=O) groups is 2. The number of nitrogens with one attached hydrogen (secondary N) is 1. The molecule has 1 saturated heterocycles.